The number of benzene rings is 1. The Morgan fingerprint density at radius 1 is 1.30 bits per heavy atom. The van der Waals surface area contributed by atoms with Crippen molar-refractivity contribution in [2.24, 2.45) is 7.05 Å². The number of hydrogen-bond acceptors (Lipinski definition) is 2. The standard InChI is InChI=1S/C14H13BrN2O3/c1-17-8-10(15)7-12(17)14(20)16-11-4-2-9(3-5-11)6-13(18)19/h2-5,7-8H,6H2,1H3,(H,16,20)(H,18,19). The average molecular weight is 337 g/mol. The summed E-state index contributed by atoms with van der Waals surface area (Å²) in [4.78, 5) is 22.6. The van der Waals surface area contributed by atoms with Crippen LogP contribution < -0.4 is 5.32 Å². The van der Waals surface area contributed by atoms with Gasteiger partial charge >= 0.3 is 5.97 Å². The number of halogens is 1. The lowest BCUT2D eigenvalue weighted by molar-refractivity contribution is -0.136. The minimum absolute atomic E-state index is 0.0288. The van der Waals surface area contributed by atoms with Crippen molar-refractivity contribution >= 4 is 33.5 Å². The molecule has 0 fully saturated rings. The number of hydrogen-bond donors (Lipinski definition) is 2. The molecule has 6 heteroatoms. The highest BCUT2D eigenvalue weighted by molar-refractivity contribution is 9.10. The zero-order chi connectivity index (χ0) is 14.7. The van der Waals surface area contributed by atoms with Crippen molar-refractivity contribution in [1.82, 2.24) is 4.57 Å². The number of aromatic nitrogens is 1. The van der Waals surface area contributed by atoms with Gasteiger partial charge in [-0.05, 0) is 39.7 Å². The molecule has 0 saturated carbocycles. The largest absolute Gasteiger partial charge is 0.481 e. The molecule has 0 aliphatic carbocycles. The summed E-state index contributed by atoms with van der Waals surface area (Å²) in [5, 5.41) is 11.5. The number of aryl methyl sites for hydroxylation is 1. The number of carboxylic acids is 1. The third-order valence-corrected chi connectivity index (χ3v) is 3.21. The lowest BCUT2D eigenvalue weighted by Gasteiger charge is -2.06. The van der Waals surface area contributed by atoms with E-state index in [4.69, 9.17) is 5.11 Å². The lowest BCUT2D eigenvalue weighted by Crippen LogP contribution is -2.15. The molecule has 5 nitrogen and oxygen atoms in total. The van der Waals surface area contributed by atoms with Crippen LogP contribution in [0.3, 0.4) is 0 Å². The van der Waals surface area contributed by atoms with Crippen molar-refractivity contribution in [2.75, 3.05) is 5.32 Å². The summed E-state index contributed by atoms with van der Waals surface area (Å²) in [7, 11) is 1.79. The van der Waals surface area contributed by atoms with E-state index in [1.165, 1.54) is 0 Å². The van der Waals surface area contributed by atoms with Gasteiger partial charge < -0.3 is 15.0 Å². The van der Waals surface area contributed by atoms with Crippen LogP contribution in [-0.4, -0.2) is 21.6 Å². The maximum Gasteiger partial charge on any atom is 0.307 e. The van der Waals surface area contributed by atoms with Crippen LogP contribution in [0.2, 0.25) is 0 Å². The Labute approximate surface area is 124 Å². The van der Waals surface area contributed by atoms with Gasteiger partial charge in [0.1, 0.15) is 5.69 Å². The Kier molecular flexibility index (Phi) is 4.24. The summed E-state index contributed by atoms with van der Waals surface area (Å²) < 4.78 is 2.56. The summed E-state index contributed by atoms with van der Waals surface area (Å²) in [5.74, 6) is -1.10. The smallest absolute Gasteiger partial charge is 0.307 e. The number of anilines is 1. The van der Waals surface area contributed by atoms with Gasteiger partial charge in [0, 0.05) is 23.4 Å². The quantitative estimate of drug-likeness (QED) is 0.901. The van der Waals surface area contributed by atoms with E-state index in [2.05, 4.69) is 21.2 Å². The fraction of sp³-hybridized carbons (Fsp3) is 0.143. The van der Waals surface area contributed by atoms with E-state index in [9.17, 15) is 9.59 Å². The Balaban J connectivity index is 2.08. The van der Waals surface area contributed by atoms with Crippen molar-refractivity contribution in [2.45, 2.75) is 6.42 Å². The molecule has 0 aliphatic rings. The number of carbonyl (C=O) groups excluding carboxylic acids is 1. The molecular formula is C14H13BrN2O3. The molecule has 1 aromatic carbocycles. The predicted molar refractivity (Wildman–Crippen MR) is 78.8 cm³/mol. The molecule has 0 atom stereocenters. The molecule has 0 spiro atoms. The second-order valence-corrected chi connectivity index (χ2v) is 5.29. The summed E-state index contributed by atoms with van der Waals surface area (Å²) in [6.45, 7) is 0. The Bertz CT molecular complexity index is 647. The van der Waals surface area contributed by atoms with Crippen LogP contribution >= 0.6 is 15.9 Å². The Morgan fingerprint density at radius 2 is 1.95 bits per heavy atom. The molecule has 1 amide bonds. The van der Waals surface area contributed by atoms with E-state index in [0.29, 0.717) is 16.9 Å². The first-order chi connectivity index (χ1) is 9.45. The molecule has 0 radical (unpaired) electrons. The fourth-order valence-corrected chi connectivity index (χ4v) is 2.35. The predicted octanol–water partition coefficient (Wildman–Crippen LogP) is 2.67. The molecule has 2 N–H and O–H groups in total. The maximum atomic E-state index is 12.1. The molecule has 1 heterocycles. The van der Waals surface area contributed by atoms with E-state index in [1.54, 1.807) is 48.1 Å². The molecule has 2 aromatic rings. The van der Waals surface area contributed by atoms with E-state index in [-0.39, 0.29) is 12.3 Å². The van der Waals surface area contributed by atoms with Gasteiger partial charge in [-0.1, -0.05) is 12.1 Å². The highest BCUT2D eigenvalue weighted by Crippen LogP contribution is 2.16. The van der Waals surface area contributed by atoms with Crippen LogP contribution in [0.15, 0.2) is 41.0 Å². The summed E-state index contributed by atoms with van der Waals surface area (Å²) >= 11 is 3.31. The van der Waals surface area contributed by atoms with E-state index < -0.39 is 5.97 Å². The molecule has 20 heavy (non-hydrogen) atoms. The third kappa shape index (κ3) is 3.48. The molecular weight excluding hydrogens is 324 g/mol. The monoisotopic (exact) mass is 336 g/mol. The molecule has 104 valence electrons. The second kappa shape index (κ2) is 5.92. The van der Waals surface area contributed by atoms with Crippen molar-refractivity contribution in [3.63, 3.8) is 0 Å². The zero-order valence-electron chi connectivity index (χ0n) is 10.8. The summed E-state index contributed by atoms with van der Waals surface area (Å²) in [6.07, 6.45) is 1.77. The number of amides is 1. The number of aliphatic carboxylic acids is 1. The molecule has 0 saturated heterocycles. The molecule has 2 rings (SSSR count). The van der Waals surface area contributed by atoms with Crippen molar-refractivity contribution < 1.29 is 14.7 Å². The first kappa shape index (κ1) is 14.3. The highest BCUT2D eigenvalue weighted by Gasteiger charge is 2.11. The Hall–Kier alpha value is -2.08. The van der Waals surface area contributed by atoms with E-state index in [1.807, 2.05) is 0 Å². The molecule has 0 aliphatic heterocycles. The van der Waals surface area contributed by atoms with Gasteiger partial charge in [-0.15, -0.1) is 0 Å². The Morgan fingerprint density at radius 3 is 2.45 bits per heavy atom. The first-order valence-electron chi connectivity index (χ1n) is 5.89. The number of rotatable bonds is 4. The first-order valence-corrected chi connectivity index (χ1v) is 6.69. The highest BCUT2D eigenvalue weighted by atomic mass is 79.9. The minimum atomic E-state index is -0.879. The van der Waals surface area contributed by atoms with Crippen LogP contribution in [0.1, 0.15) is 16.1 Å². The SMILES string of the molecule is Cn1cc(Br)cc1C(=O)Nc1ccc(CC(=O)O)cc1. The average Bonchev–Trinajstić information content (AvgIpc) is 2.70. The molecule has 1 aromatic heterocycles. The van der Waals surface area contributed by atoms with Gasteiger partial charge in [-0.3, -0.25) is 9.59 Å². The minimum Gasteiger partial charge on any atom is -0.481 e. The van der Waals surface area contributed by atoms with Crippen LogP contribution in [-0.2, 0) is 18.3 Å². The molecule has 0 bridgehead atoms. The van der Waals surface area contributed by atoms with E-state index >= 15 is 0 Å². The van der Waals surface area contributed by atoms with Crippen LogP contribution in [0.5, 0.6) is 0 Å². The number of nitrogens with zero attached hydrogens (tertiary/aromatic N) is 1. The summed E-state index contributed by atoms with van der Waals surface area (Å²) in [5.41, 5.74) is 1.85. The van der Waals surface area contributed by atoms with Crippen molar-refractivity contribution in [3.05, 3.63) is 52.3 Å². The fourth-order valence-electron chi connectivity index (χ4n) is 1.83. The number of carboxylic acid groups (broad SMARTS) is 1. The van der Waals surface area contributed by atoms with Crippen LogP contribution in [0.4, 0.5) is 5.69 Å². The third-order valence-electron chi connectivity index (χ3n) is 2.77. The van der Waals surface area contributed by atoms with Crippen molar-refractivity contribution in [1.29, 1.82) is 0 Å². The second-order valence-electron chi connectivity index (χ2n) is 4.38. The van der Waals surface area contributed by atoms with Gasteiger partial charge in [0.25, 0.3) is 5.91 Å². The van der Waals surface area contributed by atoms with E-state index in [0.717, 1.165) is 4.47 Å². The van der Waals surface area contributed by atoms with Gasteiger partial charge in [0.05, 0.1) is 6.42 Å². The number of nitrogens with one attached hydrogen (secondary N) is 1. The number of carbonyl (C=O) groups is 2. The van der Waals surface area contributed by atoms with Gasteiger partial charge in [-0.2, -0.15) is 0 Å². The van der Waals surface area contributed by atoms with Gasteiger partial charge in [0.15, 0.2) is 0 Å². The lowest BCUT2D eigenvalue weighted by atomic mass is 10.1. The molecule has 0 unspecified atom stereocenters. The van der Waals surface area contributed by atoms with Crippen LogP contribution in [0.25, 0.3) is 0 Å². The normalized spacial score (nSPS) is 10.3. The van der Waals surface area contributed by atoms with Crippen molar-refractivity contribution in [3.8, 4) is 0 Å². The van der Waals surface area contributed by atoms with Gasteiger partial charge in [0.2, 0.25) is 0 Å². The topological polar surface area (TPSA) is 71.3 Å². The maximum absolute atomic E-state index is 12.1. The zero-order valence-corrected chi connectivity index (χ0v) is 12.3. The summed E-state index contributed by atoms with van der Waals surface area (Å²) in [6, 6.07) is 8.48. The van der Waals surface area contributed by atoms with Gasteiger partial charge in [-0.25, -0.2) is 0 Å². The van der Waals surface area contributed by atoms with Crippen LogP contribution in [0, 0.1) is 0 Å².